The fraction of sp³-hybridized carbons (Fsp3) is 0.417. The van der Waals surface area contributed by atoms with Crippen LogP contribution in [0, 0.1) is 5.41 Å². The van der Waals surface area contributed by atoms with Crippen LogP contribution in [0.5, 0.6) is 0 Å². The van der Waals surface area contributed by atoms with E-state index < -0.39 is 17.8 Å². The Morgan fingerprint density at radius 1 is 1.31 bits per heavy atom. The number of hydrogen-bond donors (Lipinski definition) is 0. The first-order valence-corrected chi connectivity index (χ1v) is 5.05. The molecule has 1 aliphatic carbocycles. The zero-order valence-electron chi connectivity index (χ0n) is 8.66. The average molecular weight is 226 g/mol. The third-order valence-electron chi connectivity index (χ3n) is 2.84. The van der Waals surface area contributed by atoms with E-state index >= 15 is 0 Å². The molecule has 1 aromatic rings. The van der Waals surface area contributed by atoms with E-state index in [-0.39, 0.29) is 13.2 Å². The van der Waals surface area contributed by atoms with Crippen LogP contribution in [0.25, 0.3) is 0 Å². The first-order chi connectivity index (χ1) is 7.60. The van der Waals surface area contributed by atoms with Crippen LogP contribution in [0.15, 0.2) is 30.3 Å². The van der Waals surface area contributed by atoms with Crippen LogP contribution in [0.2, 0.25) is 0 Å². The van der Waals surface area contributed by atoms with E-state index in [0.29, 0.717) is 6.29 Å². The summed E-state index contributed by atoms with van der Waals surface area (Å²) in [6.45, 7) is 0.0465. The average Bonchev–Trinajstić information content (AvgIpc) is 2.83. The van der Waals surface area contributed by atoms with Crippen molar-refractivity contribution in [1.82, 2.24) is 0 Å². The Morgan fingerprint density at radius 2 is 1.94 bits per heavy atom. The van der Waals surface area contributed by atoms with Gasteiger partial charge in [0.05, 0.1) is 13.2 Å². The van der Waals surface area contributed by atoms with Gasteiger partial charge in [-0.2, -0.15) is 0 Å². The number of hydrogen-bond acceptors (Lipinski definition) is 2. The summed E-state index contributed by atoms with van der Waals surface area (Å²) in [6, 6.07) is 9.25. The van der Waals surface area contributed by atoms with Gasteiger partial charge in [0.1, 0.15) is 11.7 Å². The minimum absolute atomic E-state index is 0.210. The SMILES string of the molecule is O=C[C@@]1(COCc2ccccc2)CC1(F)F. The lowest BCUT2D eigenvalue weighted by atomic mass is 10.1. The highest BCUT2D eigenvalue weighted by Gasteiger charge is 2.71. The zero-order valence-corrected chi connectivity index (χ0v) is 8.66. The molecule has 4 heteroatoms. The molecule has 2 rings (SSSR count). The number of ether oxygens (including phenoxy) is 1. The summed E-state index contributed by atoms with van der Waals surface area (Å²) in [5.74, 6) is -2.88. The van der Waals surface area contributed by atoms with E-state index in [9.17, 15) is 13.6 Å². The molecule has 0 spiro atoms. The predicted octanol–water partition coefficient (Wildman–Crippen LogP) is 2.43. The number of alkyl halides is 2. The summed E-state index contributed by atoms with van der Waals surface area (Å²) >= 11 is 0. The fourth-order valence-corrected chi connectivity index (χ4v) is 1.60. The standard InChI is InChI=1S/C12H12F2O2/c13-12(14)7-11(12,8-15)9-16-6-10-4-2-1-3-5-10/h1-5,8H,6-7,9H2/t11-/m1/s1. The predicted molar refractivity (Wildman–Crippen MR) is 54.2 cm³/mol. The second kappa shape index (κ2) is 3.94. The van der Waals surface area contributed by atoms with Crippen molar-refractivity contribution in [1.29, 1.82) is 0 Å². The van der Waals surface area contributed by atoms with Gasteiger partial charge in [0.15, 0.2) is 0 Å². The minimum Gasteiger partial charge on any atom is -0.376 e. The van der Waals surface area contributed by atoms with Crippen molar-refractivity contribution in [3.63, 3.8) is 0 Å². The number of carbonyl (C=O) groups is 1. The molecular formula is C12H12F2O2. The second-order valence-electron chi connectivity index (χ2n) is 4.13. The molecule has 16 heavy (non-hydrogen) atoms. The Morgan fingerprint density at radius 3 is 2.44 bits per heavy atom. The van der Waals surface area contributed by atoms with Crippen molar-refractivity contribution < 1.29 is 18.3 Å². The molecular weight excluding hydrogens is 214 g/mol. The van der Waals surface area contributed by atoms with Gasteiger partial charge in [-0.05, 0) is 5.56 Å². The summed E-state index contributed by atoms with van der Waals surface area (Å²) in [7, 11) is 0. The lowest BCUT2D eigenvalue weighted by Gasteiger charge is -2.09. The topological polar surface area (TPSA) is 26.3 Å². The summed E-state index contributed by atoms with van der Waals surface area (Å²) in [4.78, 5) is 10.6. The molecule has 0 aliphatic heterocycles. The van der Waals surface area contributed by atoms with Gasteiger partial charge in [-0.25, -0.2) is 8.78 Å². The van der Waals surface area contributed by atoms with Gasteiger partial charge in [-0.1, -0.05) is 30.3 Å². The number of halogens is 2. The lowest BCUT2D eigenvalue weighted by molar-refractivity contribution is -0.119. The van der Waals surface area contributed by atoms with Crippen molar-refractivity contribution in [2.45, 2.75) is 19.0 Å². The van der Waals surface area contributed by atoms with Crippen LogP contribution >= 0.6 is 0 Å². The Bertz CT molecular complexity index is 378. The summed E-state index contributed by atoms with van der Waals surface area (Å²) in [5, 5.41) is 0. The third-order valence-corrected chi connectivity index (χ3v) is 2.84. The van der Waals surface area contributed by atoms with E-state index in [0.717, 1.165) is 5.56 Å². The van der Waals surface area contributed by atoms with Crippen LogP contribution in [-0.2, 0) is 16.1 Å². The minimum atomic E-state index is -2.88. The molecule has 0 saturated heterocycles. The van der Waals surface area contributed by atoms with Crippen LogP contribution in [-0.4, -0.2) is 18.8 Å². The van der Waals surface area contributed by atoms with Crippen molar-refractivity contribution in [3.05, 3.63) is 35.9 Å². The van der Waals surface area contributed by atoms with Gasteiger partial charge in [-0.3, -0.25) is 0 Å². The van der Waals surface area contributed by atoms with Crippen molar-refractivity contribution >= 4 is 6.29 Å². The molecule has 0 aromatic heterocycles. The molecule has 86 valence electrons. The summed E-state index contributed by atoms with van der Waals surface area (Å²) in [6.07, 6.45) is -0.0731. The smallest absolute Gasteiger partial charge is 0.263 e. The van der Waals surface area contributed by atoms with Crippen LogP contribution in [0.4, 0.5) is 8.78 Å². The van der Waals surface area contributed by atoms with Crippen LogP contribution in [0.3, 0.4) is 0 Å². The van der Waals surface area contributed by atoms with Crippen LogP contribution in [0.1, 0.15) is 12.0 Å². The molecule has 0 amide bonds. The largest absolute Gasteiger partial charge is 0.376 e. The maximum Gasteiger partial charge on any atom is 0.263 e. The number of rotatable bonds is 5. The first-order valence-electron chi connectivity index (χ1n) is 5.05. The van der Waals surface area contributed by atoms with E-state index in [2.05, 4.69) is 0 Å². The van der Waals surface area contributed by atoms with E-state index in [1.54, 1.807) is 0 Å². The van der Waals surface area contributed by atoms with Gasteiger partial charge in [0.2, 0.25) is 0 Å². The molecule has 0 heterocycles. The Balaban J connectivity index is 1.83. The maximum atomic E-state index is 12.9. The van der Waals surface area contributed by atoms with Gasteiger partial charge in [0, 0.05) is 6.42 Å². The van der Waals surface area contributed by atoms with Gasteiger partial charge >= 0.3 is 0 Å². The second-order valence-corrected chi connectivity index (χ2v) is 4.13. The first kappa shape index (κ1) is 11.2. The van der Waals surface area contributed by atoms with Crippen molar-refractivity contribution in [2.75, 3.05) is 6.61 Å². The molecule has 1 atom stereocenters. The Hall–Kier alpha value is -1.29. The molecule has 0 bridgehead atoms. The Kier molecular flexibility index (Phi) is 2.76. The summed E-state index contributed by atoms with van der Waals surface area (Å²) in [5.41, 5.74) is -0.658. The fourth-order valence-electron chi connectivity index (χ4n) is 1.60. The molecule has 1 fully saturated rings. The van der Waals surface area contributed by atoms with Crippen LogP contribution < -0.4 is 0 Å². The molecule has 0 N–H and O–H groups in total. The third kappa shape index (κ3) is 1.97. The molecule has 0 unspecified atom stereocenters. The molecule has 0 radical (unpaired) electrons. The highest BCUT2D eigenvalue weighted by molar-refractivity contribution is 5.67. The van der Waals surface area contributed by atoms with Crippen molar-refractivity contribution in [3.8, 4) is 0 Å². The Labute approximate surface area is 92.2 Å². The molecule has 1 saturated carbocycles. The molecule has 2 nitrogen and oxygen atoms in total. The lowest BCUT2D eigenvalue weighted by Crippen LogP contribution is -2.19. The van der Waals surface area contributed by atoms with E-state index in [1.807, 2.05) is 30.3 Å². The number of carbonyl (C=O) groups excluding carboxylic acids is 1. The molecule has 1 aliphatic rings. The maximum absolute atomic E-state index is 12.9. The summed E-state index contributed by atoms with van der Waals surface area (Å²) < 4.78 is 30.9. The monoisotopic (exact) mass is 226 g/mol. The highest BCUT2D eigenvalue weighted by atomic mass is 19.3. The van der Waals surface area contributed by atoms with Crippen molar-refractivity contribution in [2.24, 2.45) is 5.41 Å². The quantitative estimate of drug-likeness (QED) is 0.721. The molecule has 1 aromatic carbocycles. The number of benzene rings is 1. The zero-order chi connectivity index (χ0) is 11.6. The van der Waals surface area contributed by atoms with Gasteiger partial charge in [-0.15, -0.1) is 0 Å². The normalized spacial score (nSPS) is 26.4. The number of aldehydes is 1. The van der Waals surface area contributed by atoms with E-state index in [4.69, 9.17) is 4.74 Å². The van der Waals surface area contributed by atoms with E-state index in [1.165, 1.54) is 0 Å². The highest BCUT2D eigenvalue weighted by Crippen LogP contribution is 2.59. The van der Waals surface area contributed by atoms with Gasteiger partial charge in [0.25, 0.3) is 5.92 Å². The van der Waals surface area contributed by atoms with Gasteiger partial charge < -0.3 is 9.53 Å².